The van der Waals surface area contributed by atoms with Crippen molar-refractivity contribution in [1.29, 1.82) is 0 Å². The molecule has 0 saturated heterocycles. The minimum Gasteiger partial charge on any atom is -0.326 e. The molecule has 0 aliphatic heterocycles. The molecule has 1 saturated carbocycles. The molecule has 6 heteroatoms. The molecule has 1 aliphatic rings. The van der Waals surface area contributed by atoms with Crippen LogP contribution in [0.1, 0.15) is 58.3 Å². The van der Waals surface area contributed by atoms with Crippen LogP contribution in [-0.2, 0) is 14.8 Å². The molecule has 1 fully saturated rings. The average Bonchev–Trinajstić information content (AvgIpc) is 2.60. The lowest BCUT2D eigenvalue weighted by Crippen LogP contribution is -2.24. The number of hydrogen-bond donors (Lipinski definition) is 2. The van der Waals surface area contributed by atoms with Crippen LogP contribution < -0.4 is 10.0 Å². The van der Waals surface area contributed by atoms with Gasteiger partial charge in [-0.15, -0.1) is 0 Å². The van der Waals surface area contributed by atoms with Gasteiger partial charge >= 0.3 is 0 Å². The third kappa shape index (κ3) is 5.91. The van der Waals surface area contributed by atoms with Crippen molar-refractivity contribution in [1.82, 2.24) is 4.72 Å². The minimum absolute atomic E-state index is 0.000267. The van der Waals surface area contributed by atoms with Gasteiger partial charge in [-0.3, -0.25) is 4.79 Å². The molecular formula is C18H28N2O3S. The molecule has 1 aromatic rings. The van der Waals surface area contributed by atoms with Gasteiger partial charge in [-0.1, -0.05) is 39.0 Å². The van der Waals surface area contributed by atoms with Crippen molar-refractivity contribution in [3.05, 3.63) is 24.3 Å². The highest BCUT2D eigenvalue weighted by Crippen LogP contribution is 2.27. The second-order valence-electron chi connectivity index (χ2n) is 6.51. The minimum atomic E-state index is -3.46. The summed E-state index contributed by atoms with van der Waals surface area (Å²) in [6.07, 6.45) is 8.60. The van der Waals surface area contributed by atoms with E-state index in [4.69, 9.17) is 0 Å². The smallest absolute Gasteiger partial charge is 0.240 e. The number of amides is 1. The zero-order chi connectivity index (χ0) is 17.4. The molecule has 2 rings (SSSR count). The summed E-state index contributed by atoms with van der Waals surface area (Å²) in [6.45, 7) is 2.33. The van der Waals surface area contributed by atoms with Gasteiger partial charge in [0, 0.05) is 18.7 Å². The molecule has 24 heavy (non-hydrogen) atoms. The molecular weight excluding hydrogens is 324 g/mol. The SMILES string of the molecule is CCCNS(=O)(=O)c1ccc(NC(=O)CCC2CCCCC2)cc1. The molecule has 0 atom stereocenters. The van der Waals surface area contributed by atoms with Crippen LogP contribution in [0.2, 0.25) is 0 Å². The van der Waals surface area contributed by atoms with Crippen molar-refractivity contribution in [2.24, 2.45) is 5.92 Å². The maximum atomic E-state index is 12.0. The predicted octanol–water partition coefficient (Wildman–Crippen LogP) is 3.67. The van der Waals surface area contributed by atoms with E-state index in [2.05, 4.69) is 10.0 Å². The molecule has 5 nitrogen and oxygen atoms in total. The summed E-state index contributed by atoms with van der Waals surface area (Å²) in [7, 11) is -3.46. The van der Waals surface area contributed by atoms with Crippen LogP contribution in [0.15, 0.2) is 29.2 Å². The quantitative estimate of drug-likeness (QED) is 0.749. The normalized spacial score (nSPS) is 16.0. The van der Waals surface area contributed by atoms with Gasteiger partial charge in [0.1, 0.15) is 0 Å². The molecule has 0 unspecified atom stereocenters. The monoisotopic (exact) mass is 352 g/mol. The third-order valence-electron chi connectivity index (χ3n) is 4.49. The van der Waals surface area contributed by atoms with Gasteiger partial charge in [-0.2, -0.15) is 0 Å². The summed E-state index contributed by atoms with van der Waals surface area (Å²) >= 11 is 0. The molecule has 0 radical (unpaired) electrons. The highest BCUT2D eigenvalue weighted by atomic mass is 32.2. The number of hydrogen-bond acceptors (Lipinski definition) is 3. The topological polar surface area (TPSA) is 75.3 Å². The number of nitrogens with one attached hydrogen (secondary N) is 2. The first-order chi connectivity index (χ1) is 11.5. The number of anilines is 1. The Labute approximate surface area is 145 Å². The highest BCUT2D eigenvalue weighted by Gasteiger charge is 2.15. The Bertz CT molecular complexity index is 620. The Morgan fingerprint density at radius 3 is 2.42 bits per heavy atom. The third-order valence-corrected chi connectivity index (χ3v) is 5.97. The van der Waals surface area contributed by atoms with E-state index in [0.29, 0.717) is 24.6 Å². The number of carbonyl (C=O) groups excluding carboxylic acids is 1. The fourth-order valence-electron chi connectivity index (χ4n) is 3.07. The van der Waals surface area contributed by atoms with Crippen LogP contribution >= 0.6 is 0 Å². The van der Waals surface area contributed by atoms with E-state index in [1.165, 1.54) is 44.2 Å². The molecule has 0 heterocycles. The Hall–Kier alpha value is -1.40. The van der Waals surface area contributed by atoms with Crippen molar-refractivity contribution in [2.75, 3.05) is 11.9 Å². The number of benzene rings is 1. The fourth-order valence-corrected chi connectivity index (χ4v) is 4.21. The highest BCUT2D eigenvalue weighted by molar-refractivity contribution is 7.89. The van der Waals surface area contributed by atoms with E-state index in [9.17, 15) is 13.2 Å². The number of rotatable bonds is 8. The van der Waals surface area contributed by atoms with Crippen LogP contribution in [0, 0.1) is 5.92 Å². The zero-order valence-electron chi connectivity index (χ0n) is 14.4. The van der Waals surface area contributed by atoms with Crippen LogP contribution in [0.3, 0.4) is 0 Å². The lowest BCUT2D eigenvalue weighted by atomic mass is 9.86. The summed E-state index contributed by atoms with van der Waals surface area (Å²) in [5, 5.41) is 2.85. The maximum absolute atomic E-state index is 12.0. The van der Waals surface area contributed by atoms with E-state index in [1.807, 2.05) is 6.92 Å². The Morgan fingerprint density at radius 2 is 1.79 bits per heavy atom. The molecule has 2 N–H and O–H groups in total. The first kappa shape index (κ1) is 18.9. The summed E-state index contributed by atoms with van der Waals surface area (Å²) in [6, 6.07) is 6.32. The van der Waals surface area contributed by atoms with Crippen molar-refractivity contribution in [3.63, 3.8) is 0 Å². The number of sulfonamides is 1. The van der Waals surface area contributed by atoms with Gasteiger partial charge in [0.2, 0.25) is 15.9 Å². The van der Waals surface area contributed by atoms with Crippen molar-refractivity contribution in [3.8, 4) is 0 Å². The zero-order valence-corrected chi connectivity index (χ0v) is 15.2. The van der Waals surface area contributed by atoms with Crippen molar-refractivity contribution >= 4 is 21.6 Å². The van der Waals surface area contributed by atoms with E-state index in [1.54, 1.807) is 12.1 Å². The maximum Gasteiger partial charge on any atom is 0.240 e. The Balaban J connectivity index is 1.83. The van der Waals surface area contributed by atoms with E-state index in [0.717, 1.165) is 12.8 Å². The lowest BCUT2D eigenvalue weighted by molar-refractivity contribution is -0.116. The first-order valence-electron chi connectivity index (χ1n) is 8.91. The molecule has 0 aromatic heterocycles. The van der Waals surface area contributed by atoms with Gasteiger partial charge in [-0.25, -0.2) is 13.1 Å². The van der Waals surface area contributed by atoms with Gasteiger partial charge in [0.05, 0.1) is 4.90 Å². The van der Waals surface area contributed by atoms with E-state index < -0.39 is 10.0 Å². The summed E-state index contributed by atoms with van der Waals surface area (Å²) in [5.41, 5.74) is 0.637. The second kappa shape index (κ2) is 9.18. The van der Waals surface area contributed by atoms with Crippen LogP contribution in [0.25, 0.3) is 0 Å². The predicted molar refractivity (Wildman–Crippen MR) is 96.4 cm³/mol. The van der Waals surface area contributed by atoms with E-state index in [-0.39, 0.29) is 10.8 Å². The van der Waals surface area contributed by atoms with Gasteiger partial charge in [0.25, 0.3) is 0 Å². The van der Waals surface area contributed by atoms with Crippen LogP contribution in [0.5, 0.6) is 0 Å². The summed E-state index contributed by atoms with van der Waals surface area (Å²) in [5.74, 6) is 0.682. The molecule has 0 spiro atoms. The molecule has 1 amide bonds. The number of carbonyl (C=O) groups is 1. The summed E-state index contributed by atoms with van der Waals surface area (Å²) in [4.78, 5) is 12.3. The molecule has 1 aliphatic carbocycles. The second-order valence-corrected chi connectivity index (χ2v) is 8.28. The molecule has 0 bridgehead atoms. The molecule has 134 valence electrons. The van der Waals surface area contributed by atoms with Gasteiger partial charge < -0.3 is 5.32 Å². The Morgan fingerprint density at radius 1 is 1.12 bits per heavy atom. The standard InChI is InChI=1S/C18H28N2O3S/c1-2-14-19-24(22,23)17-11-9-16(10-12-17)20-18(21)13-8-15-6-4-3-5-7-15/h9-12,15,19H,2-8,13-14H2,1H3,(H,20,21). The first-order valence-corrected chi connectivity index (χ1v) is 10.4. The van der Waals surface area contributed by atoms with Crippen molar-refractivity contribution in [2.45, 2.75) is 63.2 Å². The molecule has 1 aromatic carbocycles. The Kier molecular flexibility index (Phi) is 7.24. The van der Waals surface area contributed by atoms with Gasteiger partial charge in [0.15, 0.2) is 0 Å². The fraction of sp³-hybridized carbons (Fsp3) is 0.611. The largest absolute Gasteiger partial charge is 0.326 e. The summed E-state index contributed by atoms with van der Waals surface area (Å²) < 4.78 is 26.5. The van der Waals surface area contributed by atoms with Crippen molar-refractivity contribution < 1.29 is 13.2 Å². The average molecular weight is 353 g/mol. The van der Waals surface area contributed by atoms with Gasteiger partial charge in [-0.05, 0) is 43.0 Å². The lowest BCUT2D eigenvalue weighted by Gasteiger charge is -2.21. The van der Waals surface area contributed by atoms with Crippen LogP contribution in [0.4, 0.5) is 5.69 Å². The van der Waals surface area contributed by atoms with E-state index >= 15 is 0 Å². The van der Waals surface area contributed by atoms with Crippen LogP contribution in [-0.4, -0.2) is 20.9 Å².